The first-order valence-electron chi connectivity index (χ1n) is 12.1. The molecule has 32 heavy (non-hydrogen) atoms. The zero-order valence-corrected chi connectivity index (χ0v) is 18.9. The van der Waals surface area contributed by atoms with E-state index in [2.05, 4.69) is 17.4 Å². The summed E-state index contributed by atoms with van der Waals surface area (Å²) in [4.78, 5) is 13.2. The summed E-state index contributed by atoms with van der Waals surface area (Å²) in [5.74, 6) is 2.89. The van der Waals surface area contributed by atoms with Gasteiger partial charge in [-0.3, -0.25) is 4.79 Å². The van der Waals surface area contributed by atoms with Crippen LogP contribution in [-0.4, -0.2) is 38.3 Å². The molecule has 0 heterocycles. The topological polar surface area (TPSA) is 73.6 Å². The molecule has 5 fully saturated rings. The highest BCUT2D eigenvalue weighted by Gasteiger charge is 2.57. The standard InChI is InChI=1S/C26H35FN2O3/c1-31-23-8-21(9-23)29-25(30)24-18-6-16-7-19(24)12-26(10-16,11-18)20-2-4-22(5-3-20)32-15-17(13-27)14-28/h2-5,13,16,18-19,21,23-24H,6-12,14-15,28H2,1H3,(H,29,30)/b17-13+/t16?,18?,19?,21?,23?,24-,26+. The van der Waals surface area contributed by atoms with E-state index >= 15 is 0 Å². The Bertz CT molecular complexity index is 848. The van der Waals surface area contributed by atoms with E-state index in [1.165, 1.54) is 24.8 Å². The van der Waals surface area contributed by atoms with E-state index in [-0.39, 0.29) is 36.4 Å². The van der Waals surface area contributed by atoms with Gasteiger partial charge in [-0.25, -0.2) is 4.39 Å². The Kier molecular flexibility index (Phi) is 6.01. The fourth-order valence-electron chi connectivity index (χ4n) is 7.20. The number of hydrogen-bond donors (Lipinski definition) is 2. The molecule has 5 saturated carbocycles. The number of ether oxygens (including phenoxy) is 2. The highest BCUT2D eigenvalue weighted by Crippen LogP contribution is 2.63. The van der Waals surface area contributed by atoms with Gasteiger partial charge in [-0.2, -0.15) is 0 Å². The predicted octanol–water partition coefficient (Wildman–Crippen LogP) is 3.87. The Morgan fingerprint density at radius 1 is 1.16 bits per heavy atom. The lowest BCUT2D eigenvalue weighted by Gasteiger charge is -2.60. The molecule has 0 aliphatic heterocycles. The summed E-state index contributed by atoms with van der Waals surface area (Å²) >= 11 is 0. The fraction of sp³-hybridized carbons (Fsp3) is 0.654. The van der Waals surface area contributed by atoms with Crippen molar-refractivity contribution in [3.8, 4) is 5.75 Å². The molecule has 0 aromatic heterocycles. The van der Waals surface area contributed by atoms with Crippen molar-refractivity contribution in [2.24, 2.45) is 29.4 Å². The van der Waals surface area contributed by atoms with Crippen molar-refractivity contribution in [2.75, 3.05) is 20.3 Å². The highest BCUT2D eigenvalue weighted by atomic mass is 19.1. The normalized spacial score (nSPS) is 37.8. The minimum Gasteiger partial charge on any atom is -0.489 e. The van der Waals surface area contributed by atoms with Gasteiger partial charge in [0.25, 0.3) is 0 Å². The third kappa shape index (κ3) is 3.96. The van der Waals surface area contributed by atoms with Crippen LogP contribution in [0, 0.1) is 23.7 Å². The van der Waals surface area contributed by atoms with Crippen molar-refractivity contribution < 1.29 is 18.7 Å². The summed E-state index contributed by atoms with van der Waals surface area (Å²) in [5.41, 5.74) is 7.50. The Morgan fingerprint density at radius 3 is 2.44 bits per heavy atom. The first-order valence-corrected chi connectivity index (χ1v) is 12.1. The van der Waals surface area contributed by atoms with E-state index in [0.29, 0.717) is 29.8 Å². The Hall–Kier alpha value is -1.92. The Balaban J connectivity index is 1.25. The average Bonchev–Trinajstić information content (AvgIpc) is 2.76. The van der Waals surface area contributed by atoms with Crippen molar-refractivity contribution >= 4 is 5.91 Å². The molecule has 0 saturated heterocycles. The minimum atomic E-state index is 0.157. The molecule has 5 nitrogen and oxygen atoms in total. The van der Waals surface area contributed by atoms with Gasteiger partial charge in [-0.15, -0.1) is 0 Å². The zero-order valence-electron chi connectivity index (χ0n) is 18.9. The van der Waals surface area contributed by atoms with Crippen molar-refractivity contribution in [3.05, 3.63) is 41.7 Å². The molecule has 5 aliphatic carbocycles. The Morgan fingerprint density at radius 2 is 1.84 bits per heavy atom. The van der Waals surface area contributed by atoms with Crippen LogP contribution in [0.3, 0.4) is 0 Å². The number of carbonyl (C=O) groups is 1. The van der Waals surface area contributed by atoms with Crippen LogP contribution in [0.2, 0.25) is 0 Å². The molecule has 174 valence electrons. The third-order valence-electron chi connectivity index (χ3n) is 8.66. The van der Waals surface area contributed by atoms with Crippen LogP contribution in [0.15, 0.2) is 36.2 Å². The number of rotatable bonds is 8. The summed E-state index contributed by atoms with van der Waals surface area (Å²) in [5, 5.41) is 3.33. The van der Waals surface area contributed by atoms with Crippen LogP contribution < -0.4 is 15.8 Å². The maximum atomic E-state index is 13.2. The number of nitrogens with one attached hydrogen (secondary N) is 1. The molecular weight excluding hydrogens is 407 g/mol. The van der Waals surface area contributed by atoms with E-state index in [1.54, 1.807) is 7.11 Å². The molecule has 2 atom stereocenters. The lowest BCUT2D eigenvalue weighted by molar-refractivity contribution is -0.142. The van der Waals surface area contributed by atoms with Crippen LogP contribution in [0.25, 0.3) is 0 Å². The molecule has 1 amide bonds. The summed E-state index contributed by atoms with van der Waals surface area (Å²) in [6.45, 7) is 0.330. The zero-order chi connectivity index (χ0) is 22.3. The number of nitrogens with two attached hydrogens (primary N) is 1. The van der Waals surface area contributed by atoms with Gasteiger partial charge in [-0.1, -0.05) is 12.1 Å². The summed E-state index contributed by atoms with van der Waals surface area (Å²) < 4.78 is 23.8. The summed E-state index contributed by atoms with van der Waals surface area (Å²) in [6, 6.07) is 8.63. The predicted molar refractivity (Wildman–Crippen MR) is 121 cm³/mol. The van der Waals surface area contributed by atoms with Crippen LogP contribution in [0.5, 0.6) is 5.75 Å². The first kappa shape index (κ1) is 21.9. The van der Waals surface area contributed by atoms with E-state index in [0.717, 1.165) is 37.4 Å². The smallest absolute Gasteiger partial charge is 0.223 e. The quantitative estimate of drug-likeness (QED) is 0.641. The van der Waals surface area contributed by atoms with Gasteiger partial charge in [0.05, 0.1) is 12.4 Å². The SMILES string of the molecule is COC1CC(NC(=O)[C@H]2C3CC4CC2C[C@@](c2ccc(OC/C(=C/F)CN)cc2)(C4)C3)C1. The van der Waals surface area contributed by atoms with Gasteiger partial charge in [-0.05, 0) is 85.8 Å². The lowest BCUT2D eigenvalue weighted by Crippen LogP contribution is -2.58. The number of halogens is 1. The molecule has 0 radical (unpaired) electrons. The number of methoxy groups -OCH3 is 1. The van der Waals surface area contributed by atoms with E-state index < -0.39 is 0 Å². The fourth-order valence-corrected chi connectivity index (χ4v) is 7.20. The molecule has 1 aromatic carbocycles. The molecular formula is C26H35FN2O3. The van der Waals surface area contributed by atoms with Crippen molar-refractivity contribution in [3.63, 3.8) is 0 Å². The maximum Gasteiger partial charge on any atom is 0.223 e. The number of benzene rings is 1. The lowest BCUT2D eigenvalue weighted by atomic mass is 9.44. The maximum absolute atomic E-state index is 13.2. The average molecular weight is 443 g/mol. The molecule has 0 spiro atoms. The molecule has 3 N–H and O–H groups in total. The summed E-state index contributed by atoms with van der Waals surface area (Å²) in [7, 11) is 1.75. The van der Waals surface area contributed by atoms with Crippen LogP contribution >= 0.6 is 0 Å². The molecule has 2 unspecified atom stereocenters. The first-order chi connectivity index (χ1) is 15.5. The monoisotopic (exact) mass is 442 g/mol. The van der Waals surface area contributed by atoms with Gasteiger partial charge in [0.1, 0.15) is 12.4 Å². The van der Waals surface area contributed by atoms with Gasteiger partial charge >= 0.3 is 0 Å². The largest absolute Gasteiger partial charge is 0.489 e. The summed E-state index contributed by atoms with van der Waals surface area (Å²) in [6.07, 6.45) is 8.55. The second-order valence-electron chi connectivity index (χ2n) is 10.6. The van der Waals surface area contributed by atoms with Crippen molar-refractivity contribution in [1.82, 2.24) is 5.32 Å². The highest BCUT2D eigenvalue weighted by molar-refractivity contribution is 5.80. The second kappa shape index (κ2) is 8.79. The molecule has 6 rings (SSSR count). The Labute approximate surface area is 189 Å². The van der Waals surface area contributed by atoms with Crippen molar-refractivity contribution in [2.45, 2.75) is 62.5 Å². The van der Waals surface area contributed by atoms with E-state index in [9.17, 15) is 9.18 Å². The second-order valence-corrected chi connectivity index (χ2v) is 10.6. The van der Waals surface area contributed by atoms with E-state index in [4.69, 9.17) is 15.2 Å². The molecule has 6 heteroatoms. The molecule has 1 aromatic rings. The van der Waals surface area contributed by atoms with Gasteiger partial charge < -0.3 is 20.5 Å². The molecule has 4 bridgehead atoms. The van der Waals surface area contributed by atoms with Crippen LogP contribution in [0.4, 0.5) is 4.39 Å². The number of carbonyl (C=O) groups excluding carboxylic acids is 1. The van der Waals surface area contributed by atoms with Crippen LogP contribution in [-0.2, 0) is 14.9 Å². The molecule has 5 aliphatic rings. The number of hydrogen-bond acceptors (Lipinski definition) is 4. The van der Waals surface area contributed by atoms with E-state index in [1.807, 2.05) is 12.1 Å². The van der Waals surface area contributed by atoms with Gasteiger partial charge in [0.15, 0.2) is 0 Å². The number of amides is 1. The van der Waals surface area contributed by atoms with Crippen molar-refractivity contribution in [1.29, 1.82) is 0 Å². The minimum absolute atomic E-state index is 0.157. The third-order valence-corrected chi connectivity index (χ3v) is 8.66. The van der Waals surface area contributed by atoms with Gasteiger partial charge in [0, 0.05) is 31.2 Å². The van der Waals surface area contributed by atoms with Gasteiger partial charge in [0.2, 0.25) is 5.91 Å². The van der Waals surface area contributed by atoms with Crippen LogP contribution in [0.1, 0.15) is 50.5 Å².